The number of aromatic hydroxyl groups is 1. The van der Waals surface area contributed by atoms with Gasteiger partial charge in [0.25, 0.3) is 0 Å². The van der Waals surface area contributed by atoms with Crippen molar-refractivity contribution in [2.75, 3.05) is 7.11 Å². The minimum atomic E-state index is -0.364. The van der Waals surface area contributed by atoms with Crippen molar-refractivity contribution in [1.29, 1.82) is 0 Å². The number of benzene rings is 1. The summed E-state index contributed by atoms with van der Waals surface area (Å²) in [6.07, 6.45) is 4.72. The summed E-state index contributed by atoms with van der Waals surface area (Å²) in [6, 6.07) is 7.00. The standard InChI is InChI=1S/C15H18N2O3/c1-19-15(8-2-3-9-15)14-16-13(20-17-14)10-11-4-6-12(18)7-5-11/h4-7,18H,2-3,8-10H2,1H3. The summed E-state index contributed by atoms with van der Waals surface area (Å²) in [4.78, 5) is 4.49. The molecule has 3 rings (SSSR count). The number of hydrogen-bond acceptors (Lipinski definition) is 5. The fourth-order valence-corrected chi connectivity index (χ4v) is 2.77. The molecule has 5 nitrogen and oxygen atoms in total. The highest BCUT2D eigenvalue weighted by Gasteiger charge is 2.40. The largest absolute Gasteiger partial charge is 0.508 e. The lowest BCUT2D eigenvalue weighted by atomic mass is 10.0. The Morgan fingerprint density at radius 1 is 1.25 bits per heavy atom. The van der Waals surface area contributed by atoms with Crippen molar-refractivity contribution in [1.82, 2.24) is 10.1 Å². The van der Waals surface area contributed by atoms with E-state index in [0.29, 0.717) is 18.1 Å². The van der Waals surface area contributed by atoms with Crippen molar-refractivity contribution in [2.45, 2.75) is 37.7 Å². The number of phenolic OH excluding ortho intramolecular Hbond substituents is 1. The van der Waals surface area contributed by atoms with Crippen molar-refractivity contribution < 1.29 is 14.4 Å². The van der Waals surface area contributed by atoms with E-state index in [4.69, 9.17) is 9.26 Å². The number of methoxy groups -OCH3 is 1. The van der Waals surface area contributed by atoms with Gasteiger partial charge in [0.05, 0.1) is 6.42 Å². The topological polar surface area (TPSA) is 68.4 Å². The molecule has 2 aromatic rings. The highest BCUT2D eigenvalue weighted by atomic mass is 16.5. The fourth-order valence-electron chi connectivity index (χ4n) is 2.77. The van der Waals surface area contributed by atoms with Gasteiger partial charge in [-0.05, 0) is 43.4 Å². The third-order valence-corrected chi connectivity index (χ3v) is 3.97. The molecule has 0 saturated heterocycles. The Balaban J connectivity index is 1.78. The Morgan fingerprint density at radius 3 is 2.60 bits per heavy atom. The van der Waals surface area contributed by atoms with Crippen LogP contribution in [0.3, 0.4) is 0 Å². The van der Waals surface area contributed by atoms with E-state index in [1.54, 1.807) is 19.2 Å². The van der Waals surface area contributed by atoms with E-state index in [1.807, 2.05) is 12.1 Å². The van der Waals surface area contributed by atoms with Crippen LogP contribution in [-0.2, 0) is 16.8 Å². The maximum Gasteiger partial charge on any atom is 0.231 e. The van der Waals surface area contributed by atoms with Crippen LogP contribution in [0.25, 0.3) is 0 Å². The number of nitrogens with zero attached hydrogens (tertiary/aromatic N) is 2. The Morgan fingerprint density at radius 2 is 1.95 bits per heavy atom. The lowest BCUT2D eigenvalue weighted by molar-refractivity contribution is -0.0178. The van der Waals surface area contributed by atoms with E-state index < -0.39 is 0 Å². The van der Waals surface area contributed by atoms with Crippen LogP contribution >= 0.6 is 0 Å². The van der Waals surface area contributed by atoms with Gasteiger partial charge in [0.1, 0.15) is 11.4 Å². The van der Waals surface area contributed by atoms with Gasteiger partial charge in [-0.2, -0.15) is 4.98 Å². The van der Waals surface area contributed by atoms with Crippen LogP contribution in [0.15, 0.2) is 28.8 Å². The van der Waals surface area contributed by atoms with Gasteiger partial charge in [0.2, 0.25) is 11.7 Å². The first-order valence-corrected chi connectivity index (χ1v) is 6.88. The zero-order chi connectivity index (χ0) is 14.0. The van der Waals surface area contributed by atoms with Crippen LogP contribution in [0.2, 0.25) is 0 Å². The fraction of sp³-hybridized carbons (Fsp3) is 0.467. The second-order valence-corrected chi connectivity index (χ2v) is 5.26. The highest BCUT2D eigenvalue weighted by Crippen LogP contribution is 2.40. The molecule has 106 valence electrons. The number of hydrogen-bond donors (Lipinski definition) is 1. The lowest BCUT2D eigenvalue weighted by Crippen LogP contribution is -2.26. The smallest absolute Gasteiger partial charge is 0.231 e. The molecule has 20 heavy (non-hydrogen) atoms. The third kappa shape index (κ3) is 2.41. The Hall–Kier alpha value is -1.88. The van der Waals surface area contributed by atoms with Gasteiger partial charge in [0, 0.05) is 7.11 Å². The number of phenols is 1. The normalized spacial score (nSPS) is 17.4. The molecule has 5 heteroatoms. The predicted octanol–water partition coefficient (Wildman–Crippen LogP) is 2.78. The van der Waals surface area contributed by atoms with Gasteiger partial charge >= 0.3 is 0 Å². The highest BCUT2D eigenvalue weighted by molar-refractivity contribution is 5.27. The minimum Gasteiger partial charge on any atom is -0.508 e. The molecule has 1 aromatic carbocycles. The summed E-state index contributed by atoms with van der Waals surface area (Å²) in [5, 5.41) is 13.4. The first-order chi connectivity index (χ1) is 9.72. The molecule has 0 spiro atoms. The van der Waals surface area contributed by atoms with Crippen molar-refractivity contribution in [2.24, 2.45) is 0 Å². The number of rotatable bonds is 4. The van der Waals surface area contributed by atoms with Gasteiger partial charge in [-0.1, -0.05) is 17.3 Å². The van der Waals surface area contributed by atoms with E-state index in [1.165, 1.54) is 0 Å². The molecule has 0 aliphatic heterocycles. The molecule has 0 amide bonds. The molecule has 1 aliphatic rings. The summed E-state index contributed by atoms with van der Waals surface area (Å²) in [5.74, 6) is 1.49. The van der Waals surface area contributed by atoms with Crippen LogP contribution in [-0.4, -0.2) is 22.4 Å². The van der Waals surface area contributed by atoms with Gasteiger partial charge in [-0.15, -0.1) is 0 Å². The molecule has 1 N–H and O–H groups in total. The monoisotopic (exact) mass is 274 g/mol. The summed E-state index contributed by atoms with van der Waals surface area (Å²) < 4.78 is 11.0. The van der Waals surface area contributed by atoms with Crippen LogP contribution in [0.4, 0.5) is 0 Å². The van der Waals surface area contributed by atoms with Crippen LogP contribution in [0.1, 0.15) is 43.0 Å². The van der Waals surface area contributed by atoms with E-state index in [0.717, 1.165) is 31.2 Å². The molecule has 0 bridgehead atoms. The summed E-state index contributed by atoms with van der Waals surface area (Å²) >= 11 is 0. The van der Waals surface area contributed by atoms with Gasteiger partial charge in [-0.25, -0.2) is 0 Å². The average Bonchev–Trinajstić information content (AvgIpc) is 3.11. The van der Waals surface area contributed by atoms with Crippen molar-refractivity contribution in [3.63, 3.8) is 0 Å². The first-order valence-electron chi connectivity index (χ1n) is 6.88. The summed E-state index contributed by atoms with van der Waals surface area (Å²) in [6.45, 7) is 0. The zero-order valence-electron chi connectivity index (χ0n) is 11.5. The summed E-state index contributed by atoms with van der Waals surface area (Å²) in [7, 11) is 1.71. The van der Waals surface area contributed by atoms with Gasteiger partial charge < -0.3 is 14.4 Å². The maximum atomic E-state index is 9.27. The zero-order valence-corrected chi connectivity index (χ0v) is 11.5. The maximum absolute atomic E-state index is 9.27. The summed E-state index contributed by atoms with van der Waals surface area (Å²) in [5.41, 5.74) is 0.660. The third-order valence-electron chi connectivity index (χ3n) is 3.97. The van der Waals surface area contributed by atoms with Crippen molar-refractivity contribution in [3.05, 3.63) is 41.5 Å². The molecular formula is C15H18N2O3. The molecule has 0 atom stereocenters. The van der Waals surface area contributed by atoms with Crippen LogP contribution in [0, 0.1) is 0 Å². The first kappa shape index (κ1) is 13.1. The second kappa shape index (κ2) is 5.25. The number of ether oxygens (including phenoxy) is 1. The quantitative estimate of drug-likeness (QED) is 0.928. The average molecular weight is 274 g/mol. The molecular weight excluding hydrogens is 256 g/mol. The van der Waals surface area contributed by atoms with E-state index >= 15 is 0 Å². The predicted molar refractivity (Wildman–Crippen MR) is 72.4 cm³/mol. The van der Waals surface area contributed by atoms with Crippen LogP contribution in [0.5, 0.6) is 5.75 Å². The molecule has 0 radical (unpaired) electrons. The molecule has 0 unspecified atom stereocenters. The molecule has 1 heterocycles. The van der Waals surface area contributed by atoms with Gasteiger partial charge in [-0.3, -0.25) is 0 Å². The number of aromatic nitrogens is 2. The van der Waals surface area contributed by atoms with E-state index in [2.05, 4.69) is 10.1 Å². The Kier molecular flexibility index (Phi) is 3.44. The second-order valence-electron chi connectivity index (χ2n) is 5.26. The van der Waals surface area contributed by atoms with E-state index in [9.17, 15) is 5.11 Å². The van der Waals surface area contributed by atoms with Crippen molar-refractivity contribution >= 4 is 0 Å². The molecule has 1 fully saturated rings. The minimum absolute atomic E-state index is 0.254. The Bertz CT molecular complexity index is 571. The van der Waals surface area contributed by atoms with Crippen LogP contribution < -0.4 is 0 Å². The lowest BCUT2D eigenvalue weighted by Gasteiger charge is -2.22. The SMILES string of the molecule is COC1(c2noc(Cc3ccc(O)cc3)n2)CCCC1. The molecule has 1 saturated carbocycles. The van der Waals surface area contributed by atoms with E-state index in [-0.39, 0.29) is 11.4 Å². The Labute approximate surface area is 117 Å². The van der Waals surface area contributed by atoms with Gasteiger partial charge in [0.15, 0.2) is 0 Å². The van der Waals surface area contributed by atoms with Crippen molar-refractivity contribution in [3.8, 4) is 5.75 Å². The molecule has 1 aromatic heterocycles. The molecule has 1 aliphatic carbocycles.